The van der Waals surface area contributed by atoms with Crippen molar-refractivity contribution in [2.24, 2.45) is 0 Å². The van der Waals surface area contributed by atoms with E-state index in [1.807, 2.05) is 24.3 Å². The van der Waals surface area contributed by atoms with Gasteiger partial charge < -0.3 is 9.84 Å². The van der Waals surface area contributed by atoms with Gasteiger partial charge in [0, 0.05) is 6.07 Å². The summed E-state index contributed by atoms with van der Waals surface area (Å²) >= 11 is 5.80. The Balaban J connectivity index is 2.35. The number of benzene rings is 1. The molecule has 0 bridgehead atoms. The zero-order valence-corrected chi connectivity index (χ0v) is 12.6. The highest BCUT2D eigenvalue weighted by molar-refractivity contribution is 6.33. The van der Waals surface area contributed by atoms with Crippen molar-refractivity contribution in [3.8, 4) is 11.6 Å². The van der Waals surface area contributed by atoms with Crippen LogP contribution in [-0.4, -0.2) is 16.1 Å². The van der Waals surface area contributed by atoms with Gasteiger partial charge in [-0.1, -0.05) is 43.6 Å². The third-order valence-corrected chi connectivity index (χ3v) is 3.60. The Bertz CT molecular complexity index is 658. The smallest absolute Gasteiger partial charge is 0.356 e. The van der Waals surface area contributed by atoms with E-state index in [-0.39, 0.29) is 16.6 Å². The number of aromatic carboxylic acids is 1. The molecule has 0 aliphatic rings. The first kappa shape index (κ1) is 15.3. The quantitative estimate of drug-likeness (QED) is 0.866. The molecule has 1 aromatic carbocycles. The van der Waals surface area contributed by atoms with E-state index in [4.69, 9.17) is 21.4 Å². The maximum atomic E-state index is 11.0. The molecule has 1 atom stereocenters. The van der Waals surface area contributed by atoms with Gasteiger partial charge in [0.25, 0.3) is 0 Å². The summed E-state index contributed by atoms with van der Waals surface area (Å²) in [7, 11) is 0. The van der Waals surface area contributed by atoms with Crippen molar-refractivity contribution < 1.29 is 14.6 Å². The fourth-order valence-corrected chi connectivity index (χ4v) is 2.13. The Hall–Kier alpha value is -2.07. The molecular formula is C16H16ClNO3. The second kappa shape index (κ2) is 6.59. The third kappa shape index (κ3) is 3.52. The third-order valence-electron chi connectivity index (χ3n) is 3.30. The van der Waals surface area contributed by atoms with Gasteiger partial charge in [-0.2, -0.15) is 0 Å². The number of hydrogen-bond donors (Lipinski definition) is 1. The van der Waals surface area contributed by atoms with Crippen molar-refractivity contribution >= 4 is 17.6 Å². The Labute approximate surface area is 128 Å². The van der Waals surface area contributed by atoms with Gasteiger partial charge in [-0.25, -0.2) is 9.78 Å². The van der Waals surface area contributed by atoms with Crippen LogP contribution in [-0.2, 0) is 0 Å². The lowest BCUT2D eigenvalue weighted by Crippen LogP contribution is -2.03. The van der Waals surface area contributed by atoms with Crippen LogP contribution < -0.4 is 4.74 Å². The lowest BCUT2D eigenvalue weighted by Gasteiger charge is -2.15. The van der Waals surface area contributed by atoms with Crippen molar-refractivity contribution in [1.29, 1.82) is 0 Å². The van der Waals surface area contributed by atoms with Crippen LogP contribution >= 0.6 is 11.6 Å². The molecule has 0 saturated carbocycles. The average Bonchev–Trinajstić information content (AvgIpc) is 2.48. The van der Waals surface area contributed by atoms with Crippen LogP contribution in [0.25, 0.3) is 0 Å². The molecule has 4 nitrogen and oxygen atoms in total. The average molecular weight is 306 g/mol. The standard InChI is InChI=1S/C16H16ClNO3/c1-3-10(2)11-6-4-5-7-13(11)21-14-9-8-12(17)15(18-14)16(19)20/h4-10H,3H2,1-2H3,(H,19,20). The molecule has 0 spiro atoms. The van der Waals surface area contributed by atoms with Crippen LogP contribution in [0.5, 0.6) is 11.6 Å². The van der Waals surface area contributed by atoms with E-state index in [0.29, 0.717) is 11.7 Å². The lowest BCUT2D eigenvalue weighted by molar-refractivity contribution is 0.0690. The van der Waals surface area contributed by atoms with Crippen LogP contribution in [0.15, 0.2) is 36.4 Å². The molecule has 1 aromatic heterocycles. The van der Waals surface area contributed by atoms with Crippen LogP contribution in [0.3, 0.4) is 0 Å². The van der Waals surface area contributed by atoms with Crippen molar-refractivity contribution in [3.05, 3.63) is 52.7 Å². The number of hydrogen-bond acceptors (Lipinski definition) is 3. The second-order valence-electron chi connectivity index (χ2n) is 4.73. The molecular weight excluding hydrogens is 290 g/mol. The Morgan fingerprint density at radius 3 is 2.71 bits per heavy atom. The molecule has 0 saturated heterocycles. The summed E-state index contributed by atoms with van der Waals surface area (Å²) in [6.07, 6.45) is 0.981. The highest BCUT2D eigenvalue weighted by Gasteiger charge is 2.14. The summed E-state index contributed by atoms with van der Waals surface area (Å²) in [6, 6.07) is 10.7. The molecule has 0 aliphatic heterocycles. The topological polar surface area (TPSA) is 59.4 Å². The van der Waals surface area contributed by atoms with E-state index in [0.717, 1.165) is 12.0 Å². The number of nitrogens with zero attached hydrogens (tertiary/aromatic N) is 1. The summed E-state index contributed by atoms with van der Waals surface area (Å²) in [6.45, 7) is 4.21. The minimum atomic E-state index is -1.18. The van der Waals surface area contributed by atoms with Crippen LogP contribution in [0, 0.1) is 0 Å². The summed E-state index contributed by atoms with van der Waals surface area (Å²) in [5, 5.41) is 9.12. The number of para-hydroxylation sites is 1. The molecule has 110 valence electrons. The maximum Gasteiger partial charge on any atom is 0.356 e. The normalized spacial score (nSPS) is 12.0. The summed E-state index contributed by atoms with van der Waals surface area (Å²) in [4.78, 5) is 15.0. The molecule has 1 heterocycles. The molecule has 0 radical (unpaired) electrons. The molecule has 5 heteroatoms. The molecule has 0 fully saturated rings. The highest BCUT2D eigenvalue weighted by Crippen LogP contribution is 2.32. The van der Waals surface area contributed by atoms with Gasteiger partial charge in [0.05, 0.1) is 5.02 Å². The first-order valence-corrected chi connectivity index (χ1v) is 7.07. The second-order valence-corrected chi connectivity index (χ2v) is 5.14. The first-order valence-electron chi connectivity index (χ1n) is 6.69. The Morgan fingerprint density at radius 1 is 1.33 bits per heavy atom. The summed E-state index contributed by atoms with van der Waals surface area (Å²) in [5.41, 5.74) is 0.851. The van der Waals surface area contributed by atoms with Gasteiger partial charge >= 0.3 is 5.97 Å². The van der Waals surface area contributed by atoms with Gasteiger partial charge in [0.15, 0.2) is 5.69 Å². The van der Waals surface area contributed by atoms with Gasteiger partial charge in [-0.05, 0) is 30.0 Å². The monoisotopic (exact) mass is 305 g/mol. The van der Waals surface area contributed by atoms with Crippen LogP contribution in [0.1, 0.15) is 42.2 Å². The molecule has 0 aliphatic carbocycles. The highest BCUT2D eigenvalue weighted by atomic mass is 35.5. The number of pyridine rings is 1. The van der Waals surface area contributed by atoms with E-state index >= 15 is 0 Å². The SMILES string of the molecule is CCC(C)c1ccccc1Oc1ccc(Cl)c(C(=O)O)n1. The van der Waals surface area contributed by atoms with E-state index in [1.54, 1.807) is 6.07 Å². The van der Waals surface area contributed by atoms with Crippen molar-refractivity contribution in [2.75, 3.05) is 0 Å². The predicted octanol–water partition coefficient (Wildman–Crippen LogP) is 4.74. The summed E-state index contributed by atoms with van der Waals surface area (Å²) < 4.78 is 5.75. The Morgan fingerprint density at radius 2 is 2.05 bits per heavy atom. The number of carbonyl (C=O) groups is 1. The van der Waals surface area contributed by atoms with Crippen molar-refractivity contribution in [3.63, 3.8) is 0 Å². The van der Waals surface area contributed by atoms with Gasteiger partial charge in [0.2, 0.25) is 5.88 Å². The summed E-state index contributed by atoms with van der Waals surface area (Å²) in [5.74, 6) is 0.0543. The van der Waals surface area contributed by atoms with Gasteiger partial charge in [0.1, 0.15) is 5.75 Å². The van der Waals surface area contributed by atoms with Gasteiger partial charge in [-0.3, -0.25) is 0 Å². The van der Waals surface area contributed by atoms with Crippen molar-refractivity contribution in [1.82, 2.24) is 4.98 Å². The number of halogens is 1. The molecule has 21 heavy (non-hydrogen) atoms. The fraction of sp³-hybridized carbons (Fsp3) is 0.250. The predicted molar refractivity (Wildman–Crippen MR) is 81.4 cm³/mol. The Kier molecular flexibility index (Phi) is 4.81. The van der Waals surface area contributed by atoms with E-state index in [1.165, 1.54) is 6.07 Å². The number of carboxylic acids is 1. The van der Waals surface area contributed by atoms with E-state index < -0.39 is 5.97 Å². The zero-order valence-electron chi connectivity index (χ0n) is 11.8. The molecule has 0 amide bonds. The zero-order chi connectivity index (χ0) is 15.4. The fourth-order valence-electron chi connectivity index (χ4n) is 1.94. The first-order chi connectivity index (χ1) is 10.0. The molecule has 1 N–H and O–H groups in total. The molecule has 2 rings (SSSR count). The van der Waals surface area contributed by atoms with E-state index in [9.17, 15) is 4.79 Å². The minimum Gasteiger partial charge on any atom is -0.476 e. The van der Waals surface area contributed by atoms with Crippen molar-refractivity contribution in [2.45, 2.75) is 26.2 Å². The number of rotatable bonds is 5. The lowest BCUT2D eigenvalue weighted by atomic mass is 9.98. The number of ether oxygens (including phenoxy) is 1. The largest absolute Gasteiger partial charge is 0.476 e. The molecule has 2 aromatic rings. The molecule has 1 unspecified atom stereocenters. The number of carboxylic acid groups (broad SMARTS) is 1. The van der Waals surface area contributed by atoms with Crippen LogP contribution in [0.2, 0.25) is 5.02 Å². The minimum absolute atomic E-state index is 0.0880. The number of aromatic nitrogens is 1. The van der Waals surface area contributed by atoms with Gasteiger partial charge in [-0.15, -0.1) is 0 Å². The van der Waals surface area contributed by atoms with E-state index in [2.05, 4.69) is 18.8 Å². The van der Waals surface area contributed by atoms with Crippen LogP contribution in [0.4, 0.5) is 0 Å². The maximum absolute atomic E-state index is 11.0.